The van der Waals surface area contributed by atoms with E-state index in [4.69, 9.17) is 11.6 Å². The Kier molecular flexibility index (Phi) is 6.45. The third-order valence-corrected chi connectivity index (χ3v) is 8.08. The Labute approximate surface area is 229 Å². The third-order valence-electron chi connectivity index (χ3n) is 7.85. The number of nitrogens with one attached hydrogen (secondary N) is 1. The van der Waals surface area contributed by atoms with E-state index < -0.39 is 23.4 Å². The molecule has 10 heteroatoms. The van der Waals surface area contributed by atoms with Gasteiger partial charge in [0.1, 0.15) is 17.3 Å². The highest BCUT2D eigenvalue weighted by Gasteiger charge is 2.40. The molecule has 4 heterocycles. The monoisotopic (exact) mass is 548 g/mol. The second-order valence-corrected chi connectivity index (χ2v) is 10.8. The fourth-order valence-corrected chi connectivity index (χ4v) is 5.98. The number of amides is 3. The molecule has 2 atom stereocenters. The van der Waals surface area contributed by atoms with Crippen molar-refractivity contribution >= 4 is 29.3 Å². The Morgan fingerprint density at radius 3 is 2.79 bits per heavy atom. The van der Waals surface area contributed by atoms with Gasteiger partial charge in [0.15, 0.2) is 5.82 Å². The molecule has 2 saturated heterocycles. The van der Waals surface area contributed by atoms with Crippen LogP contribution in [0.5, 0.6) is 0 Å². The van der Waals surface area contributed by atoms with Crippen molar-refractivity contribution in [2.45, 2.75) is 44.0 Å². The molecule has 3 amide bonds. The van der Waals surface area contributed by atoms with Gasteiger partial charge in [0, 0.05) is 60.5 Å². The van der Waals surface area contributed by atoms with Crippen molar-refractivity contribution in [1.29, 1.82) is 0 Å². The number of carbonyl (C=O) groups excluding carboxylic acids is 3. The number of halogens is 2. The number of hydrogen-bond donors (Lipinski definition) is 2. The Morgan fingerprint density at radius 2 is 2.00 bits per heavy atom. The number of imide groups is 1. The Bertz CT molecular complexity index is 1510. The van der Waals surface area contributed by atoms with E-state index in [-0.39, 0.29) is 36.9 Å². The van der Waals surface area contributed by atoms with Crippen LogP contribution in [0.15, 0.2) is 54.7 Å². The van der Waals surface area contributed by atoms with E-state index in [0.29, 0.717) is 53.3 Å². The minimum absolute atomic E-state index is 0.173. The van der Waals surface area contributed by atoms with Gasteiger partial charge in [0.2, 0.25) is 11.8 Å². The molecule has 0 radical (unpaired) electrons. The molecule has 2 fully saturated rings. The zero-order chi connectivity index (χ0) is 27.3. The summed E-state index contributed by atoms with van der Waals surface area (Å²) >= 11 is 6.12. The summed E-state index contributed by atoms with van der Waals surface area (Å²) in [6, 6.07) is 13.1. The van der Waals surface area contributed by atoms with Crippen LogP contribution in [0.1, 0.15) is 46.3 Å². The van der Waals surface area contributed by atoms with E-state index in [1.807, 2.05) is 11.0 Å². The number of rotatable bonds is 5. The fraction of sp³-hybridized carbons (Fsp3) is 0.310. The Hall–Kier alpha value is -3.66. The second kappa shape index (κ2) is 9.82. The second-order valence-electron chi connectivity index (χ2n) is 10.4. The average molecular weight is 549 g/mol. The molecule has 39 heavy (non-hydrogen) atoms. The molecular formula is C29H26ClFN4O4. The highest BCUT2D eigenvalue weighted by atomic mass is 35.5. The third kappa shape index (κ3) is 4.71. The molecule has 3 aliphatic rings. The maximum Gasteiger partial charge on any atom is 0.255 e. The highest BCUT2D eigenvalue weighted by Crippen LogP contribution is 2.35. The van der Waals surface area contributed by atoms with Crippen molar-refractivity contribution in [3.8, 4) is 11.3 Å². The van der Waals surface area contributed by atoms with Crippen LogP contribution in [-0.2, 0) is 28.3 Å². The standard InChI is InChI=1S/C29H26ClFN4O4/c30-21-3-1-2-20(13-21)29(39)9-11-34(16-29)14-18-8-10-32-26(25(18)31)17-4-5-22-19(12-17)15-35(28(22)38)23-6-7-24(36)33-27(23)37/h1-5,8,10,12-13,23,39H,6-7,9,11,14-16H2,(H,33,36,37). The maximum atomic E-state index is 15.7. The Morgan fingerprint density at radius 1 is 1.15 bits per heavy atom. The number of hydrogen-bond acceptors (Lipinski definition) is 6. The van der Waals surface area contributed by atoms with E-state index in [2.05, 4.69) is 10.3 Å². The lowest BCUT2D eigenvalue weighted by Crippen LogP contribution is -2.52. The lowest BCUT2D eigenvalue weighted by atomic mass is 9.93. The van der Waals surface area contributed by atoms with Crippen LogP contribution in [0.2, 0.25) is 5.02 Å². The van der Waals surface area contributed by atoms with Crippen LogP contribution >= 0.6 is 11.6 Å². The lowest BCUT2D eigenvalue weighted by molar-refractivity contribution is -0.136. The zero-order valence-electron chi connectivity index (χ0n) is 21.0. The maximum absolute atomic E-state index is 15.7. The van der Waals surface area contributed by atoms with Crippen molar-refractivity contribution in [3.63, 3.8) is 0 Å². The molecule has 1 aromatic heterocycles. The van der Waals surface area contributed by atoms with Gasteiger partial charge in [-0.05, 0) is 54.3 Å². The summed E-state index contributed by atoms with van der Waals surface area (Å²) in [7, 11) is 0. The molecule has 200 valence electrons. The number of β-amino-alcohol motifs (C(OH)–C–C–N with tert-alkyl or cyclic N) is 1. The number of fused-ring (bicyclic) bond motifs is 1. The van der Waals surface area contributed by atoms with Gasteiger partial charge < -0.3 is 10.0 Å². The number of aliphatic hydroxyl groups is 1. The lowest BCUT2D eigenvalue weighted by Gasteiger charge is -2.29. The van der Waals surface area contributed by atoms with Gasteiger partial charge in [-0.25, -0.2) is 4.39 Å². The van der Waals surface area contributed by atoms with Crippen molar-refractivity contribution in [2.24, 2.45) is 0 Å². The SMILES string of the molecule is O=C1CCC(N2Cc3cc(-c4nccc(CN5CCC(O)(c6cccc(Cl)c6)C5)c4F)ccc3C2=O)C(=O)N1. The van der Waals surface area contributed by atoms with Crippen LogP contribution in [0, 0.1) is 5.82 Å². The highest BCUT2D eigenvalue weighted by molar-refractivity contribution is 6.30. The predicted molar refractivity (Wildman–Crippen MR) is 141 cm³/mol. The number of pyridine rings is 1. The number of benzene rings is 2. The van der Waals surface area contributed by atoms with Gasteiger partial charge in [-0.1, -0.05) is 29.8 Å². The predicted octanol–water partition coefficient (Wildman–Crippen LogP) is 3.40. The van der Waals surface area contributed by atoms with E-state index in [9.17, 15) is 19.5 Å². The largest absolute Gasteiger partial charge is 0.384 e. The first-order chi connectivity index (χ1) is 18.7. The number of nitrogens with zero attached hydrogens (tertiary/aromatic N) is 3. The smallest absolute Gasteiger partial charge is 0.255 e. The molecule has 0 spiro atoms. The Balaban J connectivity index is 1.20. The average Bonchev–Trinajstić information content (AvgIpc) is 3.45. The molecule has 3 aliphatic heterocycles. The van der Waals surface area contributed by atoms with Crippen LogP contribution in [0.25, 0.3) is 11.3 Å². The zero-order valence-corrected chi connectivity index (χ0v) is 21.7. The first-order valence-electron chi connectivity index (χ1n) is 12.8. The molecule has 2 aromatic carbocycles. The van der Waals surface area contributed by atoms with Crippen LogP contribution in [0.3, 0.4) is 0 Å². The van der Waals surface area contributed by atoms with Crippen LogP contribution < -0.4 is 5.32 Å². The number of carbonyl (C=O) groups is 3. The van der Waals surface area contributed by atoms with Crippen molar-refractivity contribution in [3.05, 3.63) is 87.8 Å². The van der Waals surface area contributed by atoms with Gasteiger partial charge in [-0.3, -0.25) is 29.6 Å². The minimum Gasteiger partial charge on any atom is -0.384 e. The summed E-state index contributed by atoms with van der Waals surface area (Å²) in [5, 5.41) is 14.1. The van der Waals surface area contributed by atoms with Crippen LogP contribution in [-0.4, -0.2) is 56.7 Å². The summed E-state index contributed by atoms with van der Waals surface area (Å²) in [5.74, 6) is -1.55. The van der Waals surface area contributed by atoms with E-state index in [1.54, 1.807) is 48.7 Å². The molecule has 2 N–H and O–H groups in total. The van der Waals surface area contributed by atoms with Gasteiger partial charge >= 0.3 is 0 Å². The van der Waals surface area contributed by atoms with Gasteiger partial charge in [0.25, 0.3) is 5.91 Å². The van der Waals surface area contributed by atoms with E-state index in [0.717, 1.165) is 5.56 Å². The summed E-state index contributed by atoms with van der Waals surface area (Å²) < 4.78 is 15.7. The fourth-order valence-electron chi connectivity index (χ4n) is 5.79. The van der Waals surface area contributed by atoms with Crippen molar-refractivity contribution in [1.82, 2.24) is 20.1 Å². The molecular weight excluding hydrogens is 523 g/mol. The first-order valence-corrected chi connectivity index (χ1v) is 13.2. The van der Waals surface area contributed by atoms with Crippen molar-refractivity contribution in [2.75, 3.05) is 13.1 Å². The molecule has 0 bridgehead atoms. The molecule has 3 aromatic rings. The topological polar surface area (TPSA) is 103 Å². The van der Waals surface area contributed by atoms with Crippen molar-refractivity contribution < 1.29 is 23.9 Å². The van der Waals surface area contributed by atoms with Gasteiger partial charge in [0.05, 0.1) is 0 Å². The number of piperidine rings is 1. The summed E-state index contributed by atoms with van der Waals surface area (Å²) in [6.45, 7) is 1.45. The summed E-state index contributed by atoms with van der Waals surface area (Å²) in [4.78, 5) is 44.6. The molecule has 0 aliphatic carbocycles. The number of likely N-dealkylation sites (tertiary alicyclic amines) is 1. The van der Waals surface area contributed by atoms with Crippen LogP contribution in [0.4, 0.5) is 4.39 Å². The molecule has 0 saturated carbocycles. The quantitative estimate of drug-likeness (QED) is 0.474. The summed E-state index contributed by atoms with van der Waals surface area (Å²) in [6.07, 6.45) is 2.52. The van der Waals surface area contributed by atoms with Gasteiger partial charge in [-0.15, -0.1) is 0 Å². The molecule has 6 rings (SSSR count). The van der Waals surface area contributed by atoms with E-state index in [1.165, 1.54) is 4.90 Å². The van der Waals surface area contributed by atoms with E-state index >= 15 is 4.39 Å². The van der Waals surface area contributed by atoms with Gasteiger partial charge in [-0.2, -0.15) is 0 Å². The number of aromatic nitrogens is 1. The molecule has 2 unspecified atom stereocenters. The summed E-state index contributed by atoms with van der Waals surface area (Å²) in [5.41, 5.74) is 1.98. The first kappa shape index (κ1) is 25.6. The normalized spacial score (nSPS) is 23.3. The molecule has 8 nitrogen and oxygen atoms in total. The minimum atomic E-state index is -1.06.